The minimum Gasteiger partial charge on any atom is -0.356 e. The lowest BCUT2D eigenvalue weighted by molar-refractivity contribution is -0.127. The molecule has 9 heteroatoms. The predicted octanol–water partition coefficient (Wildman–Crippen LogP) is -0.921. The van der Waals surface area contributed by atoms with Gasteiger partial charge in [0, 0.05) is 37.5 Å². The molecule has 3 rings (SSSR count). The summed E-state index contributed by atoms with van der Waals surface area (Å²) in [6, 6.07) is -1.03. The molecule has 8 nitrogen and oxygen atoms in total. The molecule has 0 aliphatic carbocycles. The summed E-state index contributed by atoms with van der Waals surface area (Å²) in [6.07, 6.45) is 4.84. The molecule has 4 atom stereocenters. The third-order valence-electron chi connectivity index (χ3n) is 5.48. The van der Waals surface area contributed by atoms with Crippen molar-refractivity contribution in [1.82, 2.24) is 20.7 Å². The molecule has 0 aromatic carbocycles. The van der Waals surface area contributed by atoms with Gasteiger partial charge in [0.1, 0.15) is 6.04 Å². The van der Waals surface area contributed by atoms with E-state index in [0.29, 0.717) is 32.5 Å². The Kier molecular flexibility index (Phi) is 5.96. The predicted molar refractivity (Wildman–Crippen MR) is 93.2 cm³/mol. The van der Waals surface area contributed by atoms with E-state index in [-0.39, 0.29) is 29.4 Å². The molecule has 0 radical (unpaired) electrons. The van der Waals surface area contributed by atoms with Crippen LogP contribution in [0.2, 0.25) is 0 Å². The van der Waals surface area contributed by atoms with E-state index in [9.17, 15) is 18.0 Å². The first kappa shape index (κ1) is 18.6. The molecular formula is C16H28N4O4S. The molecule has 0 aromatic rings. The van der Waals surface area contributed by atoms with Crippen LogP contribution in [0, 0.1) is 11.8 Å². The monoisotopic (exact) mass is 372 g/mol. The molecule has 3 saturated heterocycles. The fourth-order valence-electron chi connectivity index (χ4n) is 4.05. The van der Waals surface area contributed by atoms with Crippen molar-refractivity contribution in [2.24, 2.45) is 11.8 Å². The van der Waals surface area contributed by atoms with Gasteiger partial charge in [-0.3, -0.25) is 9.59 Å². The van der Waals surface area contributed by atoms with Crippen LogP contribution in [0.3, 0.4) is 0 Å². The van der Waals surface area contributed by atoms with Crippen LogP contribution in [0.25, 0.3) is 0 Å². The smallest absolute Gasteiger partial charge is 0.238 e. The lowest BCUT2D eigenvalue weighted by atomic mass is 9.87. The fraction of sp³-hybridized carbons (Fsp3) is 0.875. The third kappa shape index (κ3) is 4.71. The summed E-state index contributed by atoms with van der Waals surface area (Å²) in [7, 11) is -3.33. The van der Waals surface area contributed by atoms with E-state index in [1.165, 1.54) is 0 Å². The highest BCUT2D eigenvalue weighted by atomic mass is 32.2. The molecule has 3 aliphatic heterocycles. The Bertz CT molecular complexity index is 609. The minimum atomic E-state index is -3.33. The molecule has 0 spiro atoms. The summed E-state index contributed by atoms with van der Waals surface area (Å²) in [5.74, 6) is -0.101. The average Bonchev–Trinajstić information content (AvgIpc) is 2.96. The van der Waals surface area contributed by atoms with E-state index < -0.39 is 22.1 Å². The summed E-state index contributed by atoms with van der Waals surface area (Å²) in [5, 5.41) is 9.09. The van der Waals surface area contributed by atoms with Gasteiger partial charge in [0.15, 0.2) is 0 Å². The van der Waals surface area contributed by atoms with Crippen molar-refractivity contribution in [2.75, 3.05) is 25.4 Å². The number of nitrogens with one attached hydrogen (secondary N) is 4. The SMILES string of the molecule is O=C1NCCCCC1C1CNC(=O)C(C2CCCCS(=O)(=O)N2)NC1. The maximum absolute atomic E-state index is 12.5. The Morgan fingerprint density at radius 1 is 0.880 bits per heavy atom. The fourth-order valence-corrected chi connectivity index (χ4v) is 5.46. The van der Waals surface area contributed by atoms with Crippen molar-refractivity contribution in [3.8, 4) is 0 Å². The molecule has 2 amide bonds. The van der Waals surface area contributed by atoms with Gasteiger partial charge in [0.2, 0.25) is 21.8 Å². The summed E-state index contributed by atoms with van der Waals surface area (Å²) in [6.45, 7) is 1.69. The van der Waals surface area contributed by atoms with Gasteiger partial charge in [0.05, 0.1) is 5.75 Å². The summed E-state index contributed by atoms with van der Waals surface area (Å²) < 4.78 is 26.6. The molecule has 0 aromatic heterocycles. The lowest BCUT2D eigenvalue weighted by Gasteiger charge is -2.26. The highest BCUT2D eigenvalue weighted by molar-refractivity contribution is 7.89. The largest absolute Gasteiger partial charge is 0.356 e. The molecule has 3 heterocycles. The van der Waals surface area contributed by atoms with E-state index in [4.69, 9.17) is 0 Å². The molecule has 25 heavy (non-hydrogen) atoms. The van der Waals surface area contributed by atoms with Gasteiger partial charge >= 0.3 is 0 Å². The Labute approximate surface area is 148 Å². The zero-order valence-electron chi connectivity index (χ0n) is 14.4. The Morgan fingerprint density at radius 3 is 2.52 bits per heavy atom. The van der Waals surface area contributed by atoms with Crippen molar-refractivity contribution in [1.29, 1.82) is 0 Å². The zero-order chi connectivity index (χ0) is 17.9. The number of hydrogen-bond acceptors (Lipinski definition) is 5. The first-order valence-corrected chi connectivity index (χ1v) is 10.9. The second-order valence-corrected chi connectivity index (χ2v) is 9.20. The average molecular weight is 372 g/mol. The topological polar surface area (TPSA) is 116 Å². The lowest BCUT2D eigenvalue weighted by Crippen LogP contribution is -2.55. The van der Waals surface area contributed by atoms with E-state index in [1.807, 2.05) is 0 Å². The molecule has 0 bridgehead atoms. The first-order chi connectivity index (χ1) is 12.0. The van der Waals surface area contributed by atoms with Crippen LogP contribution in [0.1, 0.15) is 38.5 Å². The molecular weight excluding hydrogens is 344 g/mol. The van der Waals surface area contributed by atoms with Gasteiger partial charge in [-0.1, -0.05) is 12.8 Å². The van der Waals surface area contributed by atoms with Crippen LogP contribution in [0.5, 0.6) is 0 Å². The van der Waals surface area contributed by atoms with Crippen LogP contribution >= 0.6 is 0 Å². The van der Waals surface area contributed by atoms with Crippen molar-refractivity contribution < 1.29 is 18.0 Å². The zero-order valence-corrected chi connectivity index (χ0v) is 15.2. The van der Waals surface area contributed by atoms with Crippen molar-refractivity contribution in [2.45, 2.75) is 50.6 Å². The maximum Gasteiger partial charge on any atom is 0.238 e. The van der Waals surface area contributed by atoms with Crippen LogP contribution in [-0.2, 0) is 19.6 Å². The number of carbonyl (C=O) groups is 2. The van der Waals surface area contributed by atoms with Crippen LogP contribution in [0.15, 0.2) is 0 Å². The van der Waals surface area contributed by atoms with Gasteiger partial charge in [-0.05, 0) is 25.7 Å². The van der Waals surface area contributed by atoms with Crippen LogP contribution in [0.4, 0.5) is 0 Å². The van der Waals surface area contributed by atoms with Gasteiger partial charge in [-0.2, -0.15) is 0 Å². The van der Waals surface area contributed by atoms with Gasteiger partial charge in [-0.25, -0.2) is 13.1 Å². The normalized spacial score (nSPS) is 37.1. The molecule has 0 saturated carbocycles. The van der Waals surface area contributed by atoms with Crippen molar-refractivity contribution in [3.63, 3.8) is 0 Å². The van der Waals surface area contributed by atoms with Crippen LogP contribution in [-0.4, -0.2) is 57.7 Å². The van der Waals surface area contributed by atoms with E-state index in [2.05, 4.69) is 20.7 Å². The minimum absolute atomic E-state index is 0.0226. The van der Waals surface area contributed by atoms with Crippen molar-refractivity contribution >= 4 is 21.8 Å². The Hall–Kier alpha value is -1.19. The number of hydrogen-bond donors (Lipinski definition) is 4. The number of sulfonamides is 1. The Balaban J connectivity index is 1.68. The highest BCUT2D eigenvalue weighted by Crippen LogP contribution is 2.23. The van der Waals surface area contributed by atoms with Crippen LogP contribution < -0.4 is 20.7 Å². The van der Waals surface area contributed by atoms with Gasteiger partial charge in [0.25, 0.3) is 0 Å². The Morgan fingerprint density at radius 2 is 1.68 bits per heavy atom. The first-order valence-electron chi connectivity index (χ1n) is 9.25. The standard InChI is InChI=1S/C16H28N4O4S/c21-15-12(5-1-3-7-17-15)11-9-18-14(16(22)19-10-11)13-6-2-4-8-25(23,24)20-13/h11-14,18,20H,1-10H2,(H,17,21)(H,19,22). The second-order valence-electron chi connectivity index (χ2n) is 7.32. The number of rotatable bonds is 2. The summed E-state index contributed by atoms with van der Waals surface area (Å²) >= 11 is 0. The molecule has 4 N–H and O–H groups in total. The highest BCUT2D eigenvalue weighted by Gasteiger charge is 2.37. The van der Waals surface area contributed by atoms with Crippen molar-refractivity contribution in [3.05, 3.63) is 0 Å². The molecule has 142 valence electrons. The number of amides is 2. The quantitative estimate of drug-likeness (QED) is 0.500. The summed E-state index contributed by atoms with van der Waals surface area (Å²) in [4.78, 5) is 24.8. The maximum atomic E-state index is 12.5. The van der Waals surface area contributed by atoms with Gasteiger partial charge < -0.3 is 16.0 Å². The number of carbonyl (C=O) groups excluding carboxylic acids is 2. The molecule has 3 fully saturated rings. The van der Waals surface area contributed by atoms with E-state index >= 15 is 0 Å². The third-order valence-corrected chi connectivity index (χ3v) is 6.97. The molecule has 3 aliphatic rings. The second kappa shape index (κ2) is 8.01. The summed E-state index contributed by atoms with van der Waals surface area (Å²) in [5.41, 5.74) is 0. The van der Waals surface area contributed by atoms with E-state index in [1.54, 1.807) is 0 Å². The van der Waals surface area contributed by atoms with E-state index in [0.717, 1.165) is 25.7 Å². The molecule has 4 unspecified atom stereocenters. The van der Waals surface area contributed by atoms with Gasteiger partial charge in [-0.15, -0.1) is 0 Å².